The number of aryl methyl sites for hydroxylation is 1. The molecule has 1 amide bonds. The Morgan fingerprint density at radius 1 is 1.32 bits per heavy atom. The first-order chi connectivity index (χ1) is 9.90. The predicted octanol–water partition coefficient (Wildman–Crippen LogP) is 2.84. The van der Waals surface area contributed by atoms with Gasteiger partial charge in [-0.3, -0.25) is 4.79 Å². The Bertz CT molecular complexity index is 725. The molecule has 1 heterocycles. The predicted molar refractivity (Wildman–Crippen MR) is 90.5 cm³/mol. The van der Waals surface area contributed by atoms with E-state index in [1.54, 1.807) is 19.1 Å². The zero-order valence-electron chi connectivity index (χ0n) is 12.9. The number of carbonyl (C=O) groups excluding carboxylic acids is 1. The Morgan fingerprint density at radius 3 is 2.59 bits per heavy atom. The lowest BCUT2D eigenvalue weighted by molar-refractivity contribution is -0.117. The quantitative estimate of drug-likeness (QED) is 0.847. The molecule has 2 aromatic rings. The van der Waals surface area contributed by atoms with Crippen molar-refractivity contribution in [3.05, 3.63) is 40.2 Å². The molecule has 0 unspecified atom stereocenters. The summed E-state index contributed by atoms with van der Waals surface area (Å²) < 4.78 is 5.22. The highest BCUT2D eigenvalue weighted by Crippen LogP contribution is 2.22. The van der Waals surface area contributed by atoms with E-state index in [1.807, 2.05) is 26.0 Å². The number of rotatable bonds is 4. The summed E-state index contributed by atoms with van der Waals surface area (Å²) in [6, 6.07) is 6.57. The van der Waals surface area contributed by atoms with Crippen LogP contribution in [0.5, 0.6) is 0 Å². The van der Waals surface area contributed by atoms with Gasteiger partial charge in [0.1, 0.15) is 11.3 Å². The van der Waals surface area contributed by atoms with Gasteiger partial charge in [-0.2, -0.15) is 0 Å². The number of hydrogen-bond acceptors (Lipinski definition) is 4. The number of nitrogens with one attached hydrogen (secondary N) is 1. The van der Waals surface area contributed by atoms with Gasteiger partial charge in [-0.15, -0.1) is 12.4 Å². The van der Waals surface area contributed by atoms with E-state index in [1.165, 1.54) is 0 Å². The minimum Gasteiger partial charge on any atom is -0.421 e. The maximum Gasteiger partial charge on any atom is 0.360 e. The minimum atomic E-state index is -0.643. The van der Waals surface area contributed by atoms with Crippen molar-refractivity contribution in [3.8, 4) is 0 Å². The van der Waals surface area contributed by atoms with Gasteiger partial charge in [-0.1, -0.05) is 32.0 Å². The SMILES string of the molecule is Cc1c(NC(=O)[C@@H](N)CC(C)C)c(=O)oc2ccccc12.Cl. The molecule has 1 atom stereocenters. The molecule has 0 bridgehead atoms. The van der Waals surface area contributed by atoms with Crippen molar-refractivity contribution in [1.82, 2.24) is 0 Å². The van der Waals surface area contributed by atoms with Crippen molar-refractivity contribution in [3.63, 3.8) is 0 Å². The fourth-order valence-electron chi connectivity index (χ4n) is 2.28. The van der Waals surface area contributed by atoms with Gasteiger partial charge in [-0.25, -0.2) is 4.79 Å². The van der Waals surface area contributed by atoms with Gasteiger partial charge in [0.2, 0.25) is 5.91 Å². The van der Waals surface area contributed by atoms with E-state index in [-0.39, 0.29) is 24.0 Å². The lowest BCUT2D eigenvalue weighted by Crippen LogP contribution is -2.37. The largest absolute Gasteiger partial charge is 0.421 e. The first kappa shape index (κ1) is 18.2. The van der Waals surface area contributed by atoms with Crippen LogP contribution in [0.15, 0.2) is 33.5 Å². The van der Waals surface area contributed by atoms with Crippen LogP contribution in [0.3, 0.4) is 0 Å². The van der Waals surface area contributed by atoms with Crippen LogP contribution in [-0.2, 0) is 4.79 Å². The Balaban J connectivity index is 0.00000242. The molecule has 1 aromatic carbocycles. The van der Waals surface area contributed by atoms with Crippen LogP contribution >= 0.6 is 12.4 Å². The first-order valence-electron chi connectivity index (χ1n) is 6.99. The molecule has 2 rings (SSSR count). The lowest BCUT2D eigenvalue weighted by atomic mass is 10.0. The third kappa shape index (κ3) is 3.87. The summed E-state index contributed by atoms with van der Waals surface area (Å²) in [5.41, 5.74) is 6.63. The number of amides is 1. The zero-order chi connectivity index (χ0) is 15.6. The molecular formula is C16H21ClN2O3. The van der Waals surface area contributed by atoms with Gasteiger partial charge in [-0.05, 0) is 30.9 Å². The Kier molecular flexibility index (Phi) is 6.14. The number of anilines is 1. The Hall–Kier alpha value is -1.85. The van der Waals surface area contributed by atoms with Crippen LogP contribution in [-0.4, -0.2) is 11.9 Å². The van der Waals surface area contributed by atoms with Gasteiger partial charge >= 0.3 is 5.63 Å². The summed E-state index contributed by atoms with van der Waals surface area (Å²) in [6.45, 7) is 5.76. The van der Waals surface area contributed by atoms with E-state index >= 15 is 0 Å². The second-order valence-electron chi connectivity index (χ2n) is 5.61. The summed E-state index contributed by atoms with van der Waals surface area (Å²) in [5, 5.41) is 3.40. The summed E-state index contributed by atoms with van der Waals surface area (Å²) in [4.78, 5) is 24.1. The number of nitrogens with two attached hydrogens (primary N) is 1. The molecule has 22 heavy (non-hydrogen) atoms. The molecule has 0 fully saturated rings. The molecule has 0 spiro atoms. The topological polar surface area (TPSA) is 85.3 Å². The van der Waals surface area contributed by atoms with Crippen molar-refractivity contribution in [2.75, 3.05) is 5.32 Å². The molecule has 0 radical (unpaired) electrons. The Labute approximate surface area is 135 Å². The lowest BCUT2D eigenvalue weighted by Gasteiger charge is -2.15. The van der Waals surface area contributed by atoms with Gasteiger partial charge in [0.05, 0.1) is 6.04 Å². The van der Waals surface area contributed by atoms with Gasteiger partial charge in [0, 0.05) is 5.39 Å². The fourth-order valence-corrected chi connectivity index (χ4v) is 2.28. The highest BCUT2D eigenvalue weighted by atomic mass is 35.5. The highest BCUT2D eigenvalue weighted by Gasteiger charge is 2.19. The molecule has 0 saturated carbocycles. The maximum atomic E-state index is 12.1. The third-order valence-electron chi connectivity index (χ3n) is 3.38. The van der Waals surface area contributed by atoms with E-state index < -0.39 is 11.7 Å². The first-order valence-corrected chi connectivity index (χ1v) is 6.99. The van der Waals surface area contributed by atoms with Crippen LogP contribution in [0.2, 0.25) is 0 Å². The number of halogens is 1. The van der Waals surface area contributed by atoms with E-state index in [4.69, 9.17) is 10.2 Å². The van der Waals surface area contributed by atoms with E-state index in [9.17, 15) is 9.59 Å². The monoisotopic (exact) mass is 324 g/mol. The van der Waals surface area contributed by atoms with E-state index in [0.29, 0.717) is 23.5 Å². The smallest absolute Gasteiger partial charge is 0.360 e. The molecule has 120 valence electrons. The van der Waals surface area contributed by atoms with Crippen molar-refractivity contribution < 1.29 is 9.21 Å². The summed E-state index contributed by atoms with van der Waals surface area (Å²) in [7, 11) is 0. The number of benzene rings is 1. The molecule has 3 N–H and O–H groups in total. The third-order valence-corrected chi connectivity index (χ3v) is 3.38. The standard InChI is InChI=1S/C16H20N2O3.ClH/c1-9(2)8-12(17)15(19)18-14-10(3)11-6-4-5-7-13(11)21-16(14)20;/h4-7,9,12H,8,17H2,1-3H3,(H,18,19);1H/t12-;/m0./s1. The Morgan fingerprint density at radius 2 is 1.95 bits per heavy atom. The van der Waals surface area contributed by atoms with Crippen LogP contribution in [0.1, 0.15) is 25.8 Å². The average Bonchev–Trinajstić information content (AvgIpc) is 2.42. The number of fused-ring (bicyclic) bond motifs is 1. The second kappa shape index (κ2) is 7.42. The molecule has 6 heteroatoms. The number of hydrogen-bond donors (Lipinski definition) is 2. The normalized spacial score (nSPS) is 12.0. The zero-order valence-corrected chi connectivity index (χ0v) is 13.7. The van der Waals surface area contributed by atoms with E-state index in [0.717, 1.165) is 5.39 Å². The summed E-state index contributed by atoms with van der Waals surface area (Å²) in [6.07, 6.45) is 0.559. The van der Waals surface area contributed by atoms with Crippen molar-refractivity contribution in [1.29, 1.82) is 0 Å². The van der Waals surface area contributed by atoms with E-state index in [2.05, 4.69) is 5.32 Å². The van der Waals surface area contributed by atoms with Gasteiger partial charge < -0.3 is 15.5 Å². The van der Waals surface area contributed by atoms with Crippen LogP contribution in [0, 0.1) is 12.8 Å². The number of para-hydroxylation sites is 1. The molecule has 0 aliphatic rings. The molecular weight excluding hydrogens is 304 g/mol. The van der Waals surface area contributed by atoms with Crippen LogP contribution in [0.4, 0.5) is 5.69 Å². The van der Waals surface area contributed by atoms with Gasteiger partial charge in [0.15, 0.2) is 0 Å². The van der Waals surface area contributed by atoms with Crippen molar-refractivity contribution in [2.45, 2.75) is 33.2 Å². The minimum absolute atomic E-state index is 0. The van der Waals surface area contributed by atoms with Crippen LogP contribution in [0.25, 0.3) is 11.0 Å². The highest BCUT2D eigenvalue weighted by molar-refractivity contribution is 5.97. The number of carbonyl (C=O) groups is 1. The molecule has 0 aliphatic carbocycles. The molecule has 1 aromatic heterocycles. The van der Waals surface area contributed by atoms with Crippen molar-refractivity contribution >= 4 is 35.0 Å². The van der Waals surface area contributed by atoms with Crippen LogP contribution < -0.4 is 16.7 Å². The maximum absolute atomic E-state index is 12.1. The average molecular weight is 325 g/mol. The second-order valence-corrected chi connectivity index (χ2v) is 5.61. The molecule has 0 aliphatic heterocycles. The van der Waals surface area contributed by atoms with Crippen molar-refractivity contribution in [2.24, 2.45) is 11.7 Å². The molecule has 0 saturated heterocycles. The summed E-state index contributed by atoms with van der Waals surface area (Å²) >= 11 is 0. The fraction of sp³-hybridized carbons (Fsp3) is 0.375. The van der Waals surface area contributed by atoms with Gasteiger partial charge in [0.25, 0.3) is 0 Å². The summed E-state index contributed by atoms with van der Waals surface area (Å²) in [5.74, 6) is -0.0609. The molecule has 5 nitrogen and oxygen atoms in total.